The van der Waals surface area contributed by atoms with Gasteiger partial charge in [0.2, 0.25) is 5.91 Å². The Morgan fingerprint density at radius 1 is 1.38 bits per heavy atom. The lowest BCUT2D eigenvalue weighted by Gasteiger charge is -2.25. The van der Waals surface area contributed by atoms with Gasteiger partial charge in [-0.15, -0.1) is 0 Å². The van der Waals surface area contributed by atoms with Crippen molar-refractivity contribution in [1.29, 1.82) is 5.26 Å². The van der Waals surface area contributed by atoms with Crippen LogP contribution in [0.4, 0.5) is 5.69 Å². The second-order valence-electron chi connectivity index (χ2n) is 6.12. The number of nitriles is 1. The van der Waals surface area contributed by atoms with Crippen molar-refractivity contribution in [1.82, 2.24) is 15.1 Å². The predicted octanol–water partition coefficient (Wildman–Crippen LogP) is 2.29. The summed E-state index contributed by atoms with van der Waals surface area (Å²) in [7, 11) is 1.92. The van der Waals surface area contributed by atoms with Gasteiger partial charge in [-0.2, -0.15) is 10.4 Å². The zero-order chi connectivity index (χ0) is 16.9. The smallest absolute Gasteiger partial charge is 0.239 e. The van der Waals surface area contributed by atoms with Crippen LogP contribution in [0, 0.1) is 11.3 Å². The monoisotopic (exact) mass is 323 g/mol. The van der Waals surface area contributed by atoms with Crippen LogP contribution in [0.25, 0.3) is 0 Å². The van der Waals surface area contributed by atoms with Crippen LogP contribution < -0.4 is 10.6 Å². The van der Waals surface area contributed by atoms with Crippen molar-refractivity contribution < 1.29 is 4.79 Å². The first kappa shape index (κ1) is 16.1. The van der Waals surface area contributed by atoms with Crippen molar-refractivity contribution in [2.75, 3.05) is 11.9 Å². The van der Waals surface area contributed by atoms with E-state index < -0.39 is 0 Å². The molecule has 1 aliphatic carbocycles. The molecule has 0 atom stereocenters. The molecule has 6 heteroatoms. The Kier molecular flexibility index (Phi) is 4.80. The second kappa shape index (κ2) is 7.18. The maximum Gasteiger partial charge on any atom is 0.239 e. The summed E-state index contributed by atoms with van der Waals surface area (Å²) < 4.78 is 1.85. The summed E-state index contributed by atoms with van der Waals surface area (Å²) in [5.41, 5.74) is 3.78. The Morgan fingerprint density at radius 2 is 2.12 bits per heavy atom. The highest BCUT2D eigenvalue weighted by molar-refractivity contribution is 5.80. The second-order valence-corrected chi connectivity index (χ2v) is 6.12. The summed E-state index contributed by atoms with van der Waals surface area (Å²) in [6.07, 6.45) is 5.64. The molecule has 1 aromatic heterocycles. The first-order chi connectivity index (χ1) is 11.7. The van der Waals surface area contributed by atoms with Gasteiger partial charge in [-0.3, -0.25) is 9.48 Å². The molecule has 0 bridgehead atoms. The first-order valence-corrected chi connectivity index (χ1v) is 8.19. The fourth-order valence-electron chi connectivity index (χ4n) is 2.85. The summed E-state index contributed by atoms with van der Waals surface area (Å²) in [5.74, 6) is 0.530. The topological polar surface area (TPSA) is 82.7 Å². The highest BCUT2D eigenvalue weighted by atomic mass is 16.1. The van der Waals surface area contributed by atoms with E-state index in [9.17, 15) is 4.79 Å². The lowest BCUT2D eigenvalue weighted by atomic mass is 9.80. The number of nitrogens with one attached hydrogen (secondary N) is 2. The van der Waals surface area contributed by atoms with Crippen LogP contribution in [0.1, 0.15) is 42.0 Å². The number of anilines is 1. The molecule has 24 heavy (non-hydrogen) atoms. The number of rotatable bonds is 6. The van der Waals surface area contributed by atoms with Gasteiger partial charge in [0.1, 0.15) is 0 Å². The van der Waals surface area contributed by atoms with Gasteiger partial charge in [0, 0.05) is 12.7 Å². The molecular formula is C18H21N5O. The number of amides is 1. The van der Waals surface area contributed by atoms with Crippen LogP contribution in [-0.2, 0) is 18.4 Å². The number of carbonyl (C=O) groups excluding carboxylic acids is 1. The average molecular weight is 323 g/mol. The van der Waals surface area contributed by atoms with Crippen molar-refractivity contribution >= 4 is 11.6 Å². The van der Waals surface area contributed by atoms with Gasteiger partial charge in [-0.05, 0) is 48.6 Å². The molecule has 0 spiro atoms. The third kappa shape index (κ3) is 3.57. The number of hydrogen-bond donors (Lipinski definition) is 2. The summed E-state index contributed by atoms with van der Waals surface area (Å²) in [6, 6.07) is 9.10. The number of hydrogen-bond acceptors (Lipinski definition) is 4. The summed E-state index contributed by atoms with van der Waals surface area (Å²) in [6.45, 7) is 0.693. The van der Waals surface area contributed by atoms with Crippen molar-refractivity contribution in [2.24, 2.45) is 7.05 Å². The Labute approximate surface area is 141 Å². The number of carbonyl (C=O) groups is 1. The van der Waals surface area contributed by atoms with E-state index in [4.69, 9.17) is 5.26 Å². The number of aromatic nitrogens is 2. The number of benzene rings is 1. The third-order valence-electron chi connectivity index (χ3n) is 4.56. The van der Waals surface area contributed by atoms with E-state index in [0.717, 1.165) is 11.4 Å². The molecule has 1 fully saturated rings. The van der Waals surface area contributed by atoms with Gasteiger partial charge in [0.05, 0.1) is 36.6 Å². The van der Waals surface area contributed by atoms with E-state index in [0.29, 0.717) is 18.0 Å². The van der Waals surface area contributed by atoms with Gasteiger partial charge in [-0.1, -0.05) is 6.42 Å². The molecule has 124 valence electrons. The van der Waals surface area contributed by atoms with Crippen molar-refractivity contribution in [3.8, 4) is 6.07 Å². The van der Waals surface area contributed by atoms with E-state index in [-0.39, 0.29) is 12.5 Å². The largest absolute Gasteiger partial charge is 0.376 e. The van der Waals surface area contributed by atoms with Crippen LogP contribution >= 0.6 is 0 Å². The van der Waals surface area contributed by atoms with E-state index >= 15 is 0 Å². The normalized spacial score (nSPS) is 13.8. The Balaban J connectivity index is 1.50. The van der Waals surface area contributed by atoms with Crippen LogP contribution in [0.3, 0.4) is 0 Å². The standard InChI is InChI=1S/C18H21N5O/c1-23-17(16(10-22-23)14-3-2-4-14)11-21-18(24)12-20-15-7-5-13(9-19)6-8-15/h5-8,10,14,20H,2-4,11-12H2,1H3,(H,21,24). The minimum atomic E-state index is -0.0693. The van der Waals surface area contributed by atoms with Gasteiger partial charge >= 0.3 is 0 Å². The predicted molar refractivity (Wildman–Crippen MR) is 91.3 cm³/mol. The molecule has 1 heterocycles. The van der Waals surface area contributed by atoms with E-state index in [1.807, 2.05) is 17.9 Å². The molecule has 3 rings (SSSR count). The Morgan fingerprint density at radius 3 is 2.75 bits per heavy atom. The quantitative estimate of drug-likeness (QED) is 0.854. The zero-order valence-electron chi connectivity index (χ0n) is 13.7. The molecule has 1 aliphatic rings. The molecule has 1 aromatic carbocycles. The molecule has 0 unspecified atom stereocenters. The molecule has 1 amide bonds. The molecular weight excluding hydrogens is 302 g/mol. The third-order valence-corrected chi connectivity index (χ3v) is 4.56. The average Bonchev–Trinajstić information content (AvgIpc) is 2.90. The first-order valence-electron chi connectivity index (χ1n) is 8.19. The molecule has 0 aliphatic heterocycles. The Bertz CT molecular complexity index is 753. The van der Waals surface area contributed by atoms with Gasteiger partial charge in [0.15, 0.2) is 0 Å². The van der Waals surface area contributed by atoms with Crippen LogP contribution in [0.2, 0.25) is 0 Å². The summed E-state index contributed by atoms with van der Waals surface area (Å²) in [5, 5.41) is 19.1. The molecule has 2 aromatic rings. The SMILES string of the molecule is Cn1ncc(C2CCC2)c1CNC(=O)CNc1ccc(C#N)cc1. The van der Waals surface area contributed by atoms with E-state index in [2.05, 4.69) is 21.8 Å². The maximum absolute atomic E-state index is 12.1. The molecule has 6 nitrogen and oxygen atoms in total. The minimum Gasteiger partial charge on any atom is -0.376 e. The summed E-state index contributed by atoms with van der Waals surface area (Å²) in [4.78, 5) is 12.1. The molecule has 1 saturated carbocycles. The number of aryl methyl sites for hydroxylation is 1. The molecule has 0 radical (unpaired) electrons. The van der Waals surface area contributed by atoms with Crippen molar-refractivity contribution in [3.63, 3.8) is 0 Å². The van der Waals surface area contributed by atoms with Crippen molar-refractivity contribution in [2.45, 2.75) is 31.7 Å². The van der Waals surface area contributed by atoms with Crippen LogP contribution in [0.15, 0.2) is 30.5 Å². The van der Waals surface area contributed by atoms with Gasteiger partial charge in [0.25, 0.3) is 0 Å². The fourth-order valence-corrected chi connectivity index (χ4v) is 2.85. The van der Waals surface area contributed by atoms with Crippen LogP contribution in [0.5, 0.6) is 0 Å². The van der Waals surface area contributed by atoms with Gasteiger partial charge < -0.3 is 10.6 Å². The minimum absolute atomic E-state index is 0.0693. The Hall–Kier alpha value is -2.81. The van der Waals surface area contributed by atoms with E-state index in [1.165, 1.54) is 24.8 Å². The lowest BCUT2D eigenvalue weighted by Crippen LogP contribution is -2.30. The highest BCUT2D eigenvalue weighted by Gasteiger charge is 2.24. The van der Waals surface area contributed by atoms with Crippen molar-refractivity contribution in [3.05, 3.63) is 47.3 Å². The maximum atomic E-state index is 12.1. The van der Waals surface area contributed by atoms with E-state index in [1.54, 1.807) is 24.3 Å². The summed E-state index contributed by atoms with van der Waals surface area (Å²) >= 11 is 0. The van der Waals surface area contributed by atoms with Crippen LogP contribution in [-0.4, -0.2) is 22.2 Å². The fraction of sp³-hybridized carbons (Fsp3) is 0.389. The lowest BCUT2D eigenvalue weighted by molar-refractivity contribution is -0.119. The zero-order valence-corrected chi connectivity index (χ0v) is 13.7. The molecule has 2 N–H and O–H groups in total. The number of nitrogens with zero attached hydrogens (tertiary/aromatic N) is 3. The molecule has 0 saturated heterocycles. The van der Waals surface area contributed by atoms with Gasteiger partial charge in [-0.25, -0.2) is 0 Å². The highest BCUT2D eigenvalue weighted by Crippen LogP contribution is 2.37.